The number of carbonyl (C=O) groups is 3. The first-order valence-electron chi connectivity index (χ1n) is 10.3. The summed E-state index contributed by atoms with van der Waals surface area (Å²) in [6.45, 7) is 3.28. The number of anilines is 2. The van der Waals surface area contributed by atoms with Crippen LogP contribution in [0.5, 0.6) is 0 Å². The second-order valence-corrected chi connectivity index (χ2v) is 9.16. The van der Waals surface area contributed by atoms with Crippen molar-refractivity contribution in [1.82, 2.24) is 10.2 Å². The fourth-order valence-corrected chi connectivity index (χ4v) is 5.16. The smallest absolute Gasteiger partial charge is 0.319 e. The minimum absolute atomic E-state index is 0.346. The molecule has 32 heavy (non-hydrogen) atoms. The molecule has 2 aliphatic rings. The van der Waals surface area contributed by atoms with Crippen LogP contribution >= 0.6 is 11.8 Å². The van der Waals surface area contributed by atoms with Crippen molar-refractivity contribution in [2.24, 2.45) is 0 Å². The maximum Gasteiger partial charge on any atom is 0.325 e. The predicted molar refractivity (Wildman–Crippen MR) is 123 cm³/mol. The number of fused-ring (bicyclic) bond motifs is 2. The second-order valence-electron chi connectivity index (χ2n) is 8.08. The van der Waals surface area contributed by atoms with Crippen molar-refractivity contribution in [2.45, 2.75) is 29.2 Å². The van der Waals surface area contributed by atoms with Crippen LogP contribution in [0.25, 0.3) is 0 Å². The SMILES string of the molecule is Cc1ccc(C2(C)NC(=O)N(CC(=O)N3c4ccccc4Sc4ccccc43)C2=O)cc1. The third-order valence-electron chi connectivity index (χ3n) is 5.88. The Labute approximate surface area is 190 Å². The van der Waals surface area contributed by atoms with Crippen LogP contribution in [0, 0.1) is 6.92 Å². The van der Waals surface area contributed by atoms with Gasteiger partial charge in [-0.25, -0.2) is 4.79 Å². The summed E-state index contributed by atoms with van der Waals surface area (Å²) in [4.78, 5) is 44.1. The van der Waals surface area contributed by atoms with Gasteiger partial charge in [-0.2, -0.15) is 0 Å². The molecule has 0 radical (unpaired) electrons. The van der Waals surface area contributed by atoms with E-state index >= 15 is 0 Å². The van der Waals surface area contributed by atoms with Crippen molar-refractivity contribution in [3.63, 3.8) is 0 Å². The van der Waals surface area contributed by atoms with Gasteiger partial charge in [0.2, 0.25) is 0 Å². The predicted octanol–water partition coefficient (Wildman–Crippen LogP) is 4.59. The van der Waals surface area contributed by atoms with E-state index in [2.05, 4.69) is 5.32 Å². The lowest BCUT2D eigenvalue weighted by atomic mass is 9.91. The molecule has 0 aliphatic carbocycles. The highest BCUT2D eigenvalue weighted by Crippen LogP contribution is 2.48. The maximum absolute atomic E-state index is 13.5. The Morgan fingerprint density at radius 3 is 2.06 bits per heavy atom. The molecule has 2 heterocycles. The van der Waals surface area contributed by atoms with Crippen LogP contribution in [-0.2, 0) is 15.1 Å². The molecule has 4 amide bonds. The van der Waals surface area contributed by atoms with Crippen LogP contribution in [0.2, 0.25) is 0 Å². The summed E-state index contributed by atoms with van der Waals surface area (Å²) >= 11 is 1.59. The number of hydrogen-bond donors (Lipinski definition) is 1. The average Bonchev–Trinajstić information content (AvgIpc) is 3.01. The number of carbonyl (C=O) groups excluding carboxylic acids is 3. The van der Waals surface area contributed by atoms with Crippen LogP contribution < -0.4 is 10.2 Å². The van der Waals surface area contributed by atoms with Crippen molar-refractivity contribution in [1.29, 1.82) is 0 Å². The Balaban J connectivity index is 1.46. The lowest BCUT2D eigenvalue weighted by Crippen LogP contribution is -2.44. The lowest BCUT2D eigenvalue weighted by Gasteiger charge is -2.32. The monoisotopic (exact) mass is 443 g/mol. The zero-order valence-corrected chi connectivity index (χ0v) is 18.5. The van der Waals surface area contributed by atoms with Gasteiger partial charge in [-0.1, -0.05) is 65.9 Å². The number of rotatable bonds is 3. The quantitative estimate of drug-likeness (QED) is 0.601. The molecule has 160 valence electrons. The molecular weight excluding hydrogens is 422 g/mol. The van der Waals surface area contributed by atoms with E-state index in [1.807, 2.05) is 79.7 Å². The van der Waals surface area contributed by atoms with Gasteiger partial charge in [0.1, 0.15) is 12.1 Å². The van der Waals surface area contributed by atoms with E-state index in [-0.39, 0.29) is 12.5 Å². The maximum atomic E-state index is 13.5. The van der Waals surface area contributed by atoms with Gasteiger partial charge in [0.25, 0.3) is 11.8 Å². The molecule has 3 aromatic carbocycles. The Kier molecular flexibility index (Phi) is 4.78. The molecule has 1 unspecified atom stereocenters. The van der Waals surface area contributed by atoms with Gasteiger partial charge in [-0.15, -0.1) is 0 Å². The summed E-state index contributed by atoms with van der Waals surface area (Å²) < 4.78 is 0. The topological polar surface area (TPSA) is 69.7 Å². The Morgan fingerprint density at radius 1 is 0.906 bits per heavy atom. The summed E-state index contributed by atoms with van der Waals surface area (Å²) in [7, 11) is 0. The van der Waals surface area contributed by atoms with Crippen molar-refractivity contribution >= 4 is 41.0 Å². The second kappa shape index (κ2) is 7.53. The molecule has 6 nitrogen and oxygen atoms in total. The summed E-state index contributed by atoms with van der Waals surface area (Å²) in [6, 6.07) is 22.1. The van der Waals surface area contributed by atoms with Crippen LogP contribution in [0.15, 0.2) is 82.6 Å². The molecule has 0 aromatic heterocycles. The number of aryl methyl sites for hydroxylation is 1. The van der Waals surface area contributed by atoms with E-state index in [1.54, 1.807) is 23.6 Å². The molecule has 0 saturated carbocycles. The fraction of sp³-hybridized carbons (Fsp3) is 0.160. The van der Waals surface area contributed by atoms with Crippen molar-refractivity contribution in [3.05, 3.63) is 83.9 Å². The van der Waals surface area contributed by atoms with Gasteiger partial charge in [0, 0.05) is 9.79 Å². The highest BCUT2D eigenvalue weighted by molar-refractivity contribution is 7.99. The zero-order chi connectivity index (χ0) is 22.5. The van der Waals surface area contributed by atoms with Crippen LogP contribution in [-0.4, -0.2) is 29.3 Å². The van der Waals surface area contributed by atoms with Gasteiger partial charge in [-0.3, -0.25) is 19.4 Å². The number of para-hydroxylation sites is 2. The summed E-state index contributed by atoms with van der Waals surface area (Å²) in [5, 5.41) is 2.78. The summed E-state index contributed by atoms with van der Waals surface area (Å²) in [5.74, 6) is -0.783. The third kappa shape index (κ3) is 3.17. The number of amides is 4. The van der Waals surface area contributed by atoms with E-state index in [0.717, 1.165) is 31.6 Å². The number of nitrogens with zero attached hydrogens (tertiary/aromatic N) is 2. The van der Waals surface area contributed by atoms with E-state index < -0.39 is 17.5 Å². The zero-order valence-electron chi connectivity index (χ0n) is 17.7. The van der Waals surface area contributed by atoms with Crippen LogP contribution in [0.1, 0.15) is 18.1 Å². The largest absolute Gasteiger partial charge is 0.325 e. The number of urea groups is 1. The van der Waals surface area contributed by atoms with E-state index in [0.29, 0.717) is 5.56 Å². The normalized spacial score (nSPS) is 19.4. The fourth-order valence-electron chi connectivity index (χ4n) is 4.10. The van der Waals surface area contributed by atoms with Crippen molar-refractivity contribution in [3.8, 4) is 0 Å². The molecule has 1 fully saturated rings. The summed E-state index contributed by atoms with van der Waals surface area (Å²) in [6.07, 6.45) is 0. The van der Waals surface area contributed by atoms with Crippen molar-refractivity contribution in [2.75, 3.05) is 11.4 Å². The molecule has 0 spiro atoms. The van der Waals surface area contributed by atoms with E-state index in [4.69, 9.17) is 0 Å². The minimum Gasteiger partial charge on any atom is -0.319 e. The average molecular weight is 444 g/mol. The van der Waals surface area contributed by atoms with Crippen molar-refractivity contribution < 1.29 is 14.4 Å². The Hall–Kier alpha value is -3.58. The molecule has 1 atom stereocenters. The highest BCUT2D eigenvalue weighted by Gasteiger charge is 2.50. The molecule has 1 saturated heterocycles. The number of nitrogens with one attached hydrogen (secondary N) is 1. The van der Waals surface area contributed by atoms with Gasteiger partial charge in [0.05, 0.1) is 11.4 Å². The molecular formula is C25H21N3O3S. The summed E-state index contributed by atoms with van der Waals surface area (Å²) in [5.41, 5.74) is 2.02. The van der Waals surface area contributed by atoms with Gasteiger partial charge in [-0.05, 0) is 43.7 Å². The molecule has 7 heteroatoms. The lowest BCUT2D eigenvalue weighted by molar-refractivity contribution is -0.134. The van der Waals surface area contributed by atoms with E-state index in [9.17, 15) is 14.4 Å². The van der Waals surface area contributed by atoms with Gasteiger partial charge >= 0.3 is 6.03 Å². The molecule has 5 rings (SSSR count). The first-order valence-corrected chi connectivity index (χ1v) is 11.1. The Morgan fingerprint density at radius 2 is 1.47 bits per heavy atom. The highest BCUT2D eigenvalue weighted by atomic mass is 32.2. The number of hydrogen-bond acceptors (Lipinski definition) is 4. The molecule has 0 bridgehead atoms. The standard InChI is InChI=1S/C25H21N3O3S/c1-16-11-13-17(14-12-16)25(2)23(30)27(24(31)26-25)15-22(29)28-18-7-3-5-9-20(18)32-21-10-6-4-8-19(21)28/h3-14H,15H2,1-2H3,(H,26,31). The third-order valence-corrected chi connectivity index (χ3v) is 7.01. The van der Waals surface area contributed by atoms with Gasteiger partial charge < -0.3 is 5.32 Å². The molecule has 3 aromatic rings. The first-order chi connectivity index (χ1) is 15.4. The first kappa shape index (κ1) is 20.3. The molecule has 1 N–H and O–H groups in total. The minimum atomic E-state index is -1.21. The van der Waals surface area contributed by atoms with Crippen LogP contribution in [0.3, 0.4) is 0 Å². The van der Waals surface area contributed by atoms with Crippen LogP contribution in [0.4, 0.5) is 16.2 Å². The Bertz CT molecular complexity index is 1210. The number of benzene rings is 3. The van der Waals surface area contributed by atoms with E-state index in [1.165, 1.54) is 0 Å². The molecule has 2 aliphatic heterocycles. The van der Waals surface area contributed by atoms with Gasteiger partial charge in [0.15, 0.2) is 0 Å². The number of imide groups is 1.